The van der Waals surface area contributed by atoms with Gasteiger partial charge in [-0.05, 0) is 51.5 Å². The lowest BCUT2D eigenvalue weighted by Gasteiger charge is -2.43. The number of nitrogens with two attached hydrogens (primary N) is 2. The molecule has 1 saturated carbocycles. The number of pyridine rings is 1. The molecule has 6 heteroatoms. The average molecular weight is 348 g/mol. The molecule has 0 amide bonds. The summed E-state index contributed by atoms with van der Waals surface area (Å²) in [5, 5.41) is 0. The highest BCUT2D eigenvalue weighted by Crippen LogP contribution is 2.43. The van der Waals surface area contributed by atoms with Gasteiger partial charge in [0.05, 0.1) is 11.2 Å². The number of hydrogen-bond acceptors (Lipinski definition) is 4. The predicted octanol–water partition coefficient (Wildman–Crippen LogP) is 3.61. The van der Waals surface area contributed by atoms with E-state index in [0.29, 0.717) is 36.4 Å². The lowest BCUT2D eigenvalue weighted by atomic mass is 9.68. The lowest BCUT2D eigenvalue weighted by Crippen LogP contribution is -2.53. The molecule has 1 unspecified atom stereocenters. The summed E-state index contributed by atoms with van der Waals surface area (Å²) >= 11 is 0. The van der Waals surface area contributed by atoms with E-state index in [1.807, 2.05) is 0 Å². The third kappa shape index (κ3) is 3.59. The van der Waals surface area contributed by atoms with Gasteiger partial charge in [-0.25, -0.2) is 13.8 Å². The van der Waals surface area contributed by atoms with Crippen LogP contribution in [0.4, 0.5) is 8.78 Å². The van der Waals surface area contributed by atoms with Crippen LogP contribution in [0.15, 0.2) is 29.5 Å². The van der Waals surface area contributed by atoms with E-state index in [9.17, 15) is 8.78 Å². The van der Waals surface area contributed by atoms with Crippen LogP contribution in [0.1, 0.15) is 57.2 Å². The maximum absolute atomic E-state index is 14.1. The van der Waals surface area contributed by atoms with Crippen LogP contribution in [0.2, 0.25) is 0 Å². The fourth-order valence-corrected chi connectivity index (χ4v) is 3.85. The minimum absolute atomic E-state index is 0.124. The maximum Gasteiger partial charge on any atom is 0.131 e. The first-order valence-electron chi connectivity index (χ1n) is 8.81. The second-order valence-electron chi connectivity index (χ2n) is 7.73. The standard InChI is InChI=1S/C19H26F2N4/c1-18(2,21)13-5-8-16(24-10-13)15-11-25-17(22)9-19(15,23)12-3-6-14(20)7-4-12/h5,8,10-12,14H,3-4,6-7,9,23H2,1-2H3,(H2,22,25). The first-order valence-corrected chi connectivity index (χ1v) is 8.81. The Morgan fingerprint density at radius 2 is 1.88 bits per heavy atom. The van der Waals surface area contributed by atoms with Crippen molar-refractivity contribution in [3.8, 4) is 0 Å². The summed E-state index contributed by atoms with van der Waals surface area (Å²) in [5.41, 5.74) is 12.6. The largest absolute Gasteiger partial charge is 0.387 e. The Bertz CT molecular complexity index is 682. The van der Waals surface area contributed by atoms with Gasteiger partial charge >= 0.3 is 0 Å². The molecule has 2 heterocycles. The Labute approximate surface area is 147 Å². The van der Waals surface area contributed by atoms with E-state index in [2.05, 4.69) is 9.98 Å². The van der Waals surface area contributed by atoms with Gasteiger partial charge in [0.15, 0.2) is 0 Å². The Kier molecular flexibility index (Phi) is 4.66. The number of hydrogen-bond donors (Lipinski definition) is 2. The second kappa shape index (κ2) is 6.48. The summed E-state index contributed by atoms with van der Waals surface area (Å²) < 4.78 is 27.6. The smallest absolute Gasteiger partial charge is 0.131 e. The zero-order chi connectivity index (χ0) is 18.2. The topological polar surface area (TPSA) is 77.3 Å². The van der Waals surface area contributed by atoms with E-state index < -0.39 is 17.4 Å². The van der Waals surface area contributed by atoms with Crippen LogP contribution in [0.3, 0.4) is 0 Å². The molecule has 1 aromatic rings. The molecule has 0 aromatic carbocycles. The van der Waals surface area contributed by atoms with Crippen molar-refractivity contribution < 1.29 is 8.78 Å². The quantitative estimate of drug-likeness (QED) is 0.876. The predicted molar refractivity (Wildman–Crippen MR) is 96.4 cm³/mol. The van der Waals surface area contributed by atoms with Crippen molar-refractivity contribution in [1.29, 1.82) is 0 Å². The van der Waals surface area contributed by atoms with Crippen LogP contribution < -0.4 is 11.5 Å². The highest BCUT2D eigenvalue weighted by molar-refractivity contribution is 5.90. The number of amidine groups is 1. The van der Waals surface area contributed by atoms with Crippen molar-refractivity contribution >= 4 is 11.4 Å². The molecule has 0 bridgehead atoms. The van der Waals surface area contributed by atoms with Gasteiger partial charge in [0.1, 0.15) is 17.7 Å². The van der Waals surface area contributed by atoms with Gasteiger partial charge in [-0.2, -0.15) is 0 Å². The number of alkyl halides is 2. The van der Waals surface area contributed by atoms with Crippen LogP contribution in [-0.2, 0) is 5.67 Å². The molecule has 0 radical (unpaired) electrons. The van der Waals surface area contributed by atoms with Crippen molar-refractivity contribution in [2.24, 2.45) is 22.4 Å². The minimum atomic E-state index is -1.45. The molecular formula is C19H26F2N4. The van der Waals surface area contributed by atoms with Crippen LogP contribution in [0.25, 0.3) is 5.57 Å². The Morgan fingerprint density at radius 3 is 2.44 bits per heavy atom. The summed E-state index contributed by atoms with van der Waals surface area (Å²) in [4.78, 5) is 8.66. The Morgan fingerprint density at radius 1 is 1.20 bits per heavy atom. The fourth-order valence-electron chi connectivity index (χ4n) is 3.85. The summed E-state index contributed by atoms with van der Waals surface area (Å²) in [6, 6.07) is 3.51. The SMILES string of the molecule is CC(C)(F)c1ccc(C2=CN=C(N)CC2(N)C2CCC(F)CC2)nc1. The molecule has 1 aliphatic heterocycles. The van der Waals surface area contributed by atoms with Crippen molar-refractivity contribution in [2.45, 2.75) is 63.3 Å². The molecule has 4 N–H and O–H groups in total. The molecule has 0 spiro atoms. The Balaban J connectivity index is 1.94. The molecule has 2 aliphatic rings. The molecular weight excluding hydrogens is 322 g/mol. The second-order valence-corrected chi connectivity index (χ2v) is 7.73. The van der Waals surface area contributed by atoms with E-state index in [4.69, 9.17) is 11.5 Å². The number of halogens is 2. The highest BCUT2D eigenvalue weighted by Gasteiger charge is 2.43. The van der Waals surface area contributed by atoms with Gasteiger partial charge < -0.3 is 11.5 Å². The van der Waals surface area contributed by atoms with Gasteiger partial charge in [0, 0.05) is 30.0 Å². The van der Waals surface area contributed by atoms with Crippen LogP contribution in [0, 0.1) is 5.92 Å². The molecule has 1 aromatic heterocycles. The summed E-state index contributed by atoms with van der Waals surface area (Å²) in [6.45, 7) is 2.99. The molecule has 0 saturated heterocycles. The first-order chi connectivity index (χ1) is 11.7. The zero-order valence-electron chi connectivity index (χ0n) is 14.8. The van der Waals surface area contributed by atoms with E-state index in [1.54, 1.807) is 18.3 Å². The number of nitrogens with zero attached hydrogens (tertiary/aromatic N) is 2. The lowest BCUT2D eigenvalue weighted by molar-refractivity contribution is 0.171. The summed E-state index contributed by atoms with van der Waals surface area (Å²) in [5.74, 6) is 0.606. The molecule has 3 rings (SSSR count). The molecule has 4 nitrogen and oxygen atoms in total. The highest BCUT2D eigenvalue weighted by atomic mass is 19.1. The minimum Gasteiger partial charge on any atom is -0.387 e. The van der Waals surface area contributed by atoms with Crippen molar-refractivity contribution in [3.05, 3.63) is 35.8 Å². The van der Waals surface area contributed by atoms with Gasteiger partial charge in [0.25, 0.3) is 0 Å². The third-order valence-electron chi connectivity index (χ3n) is 5.45. The van der Waals surface area contributed by atoms with Gasteiger partial charge in [-0.3, -0.25) is 4.98 Å². The van der Waals surface area contributed by atoms with Crippen LogP contribution in [0.5, 0.6) is 0 Å². The normalized spacial score (nSPS) is 30.6. The van der Waals surface area contributed by atoms with Crippen LogP contribution >= 0.6 is 0 Å². The Hall–Kier alpha value is -1.82. The van der Waals surface area contributed by atoms with Crippen molar-refractivity contribution in [1.82, 2.24) is 4.98 Å². The van der Waals surface area contributed by atoms with E-state index in [-0.39, 0.29) is 5.92 Å². The van der Waals surface area contributed by atoms with E-state index in [1.165, 1.54) is 20.0 Å². The molecule has 1 aliphatic carbocycles. The first kappa shape index (κ1) is 18.0. The van der Waals surface area contributed by atoms with Crippen molar-refractivity contribution in [2.75, 3.05) is 0 Å². The number of rotatable bonds is 3. The van der Waals surface area contributed by atoms with E-state index >= 15 is 0 Å². The third-order valence-corrected chi connectivity index (χ3v) is 5.45. The van der Waals surface area contributed by atoms with Crippen molar-refractivity contribution in [3.63, 3.8) is 0 Å². The number of aromatic nitrogens is 1. The van der Waals surface area contributed by atoms with Gasteiger partial charge in [-0.15, -0.1) is 0 Å². The van der Waals surface area contributed by atoms with Gasteiger partial charge in [0.2, 0.25) is 0 Å². The van der Waals surface area contributed by atoms with Crippen LogP contribution in [-0.4, -0.2) is 22.5 Å². The summed E-state index contributed by atoms with van der Waals surface area (Å²) in [6.07, 6.45) is 5.38. The average Bonchev–Trinajstić information content (AvgIpc) is 2.55. The monoisotopic (exact) mass is 348 g/mol. The molecule has 1 atom stereocenters. The fraction of sp³-hybridized carbons (Fsp3) is 0.579. The molecule has 1 fully saturated rings. The maximum atomic E-state index is 14.1. The zero-order valence-corrected chi connectivity index (χ0v) is 14.8. The molecule has 136 valence electrons. The summed E-state index contributed by atoms with van der Waals surface area (Å²) in [7, 11) is 0. The van der Waals surface area contributed by atoms with E-state index in [0.717, 1.165) is 18.4 Å². The van der Waals surface area contributed by atoms with Gasteiger partial charge in [-0.1, -0.05) is 6.07 Å². The number of aliphatic imine (C=N–C) groups is 1. The molecule has 25 heavy (non-hydrogen) atoms.